The molecule has 118 valence electrons. The SMILES string of the molecule is CS(=O)(=O)NC(CCCCCc1ccc(Cl)cc1)C(=O)O. The summed E-state index contributed by atoms with van der Waals surface area (Å²) < 4.78 is 24.3. The van der Waals surface area contributed by atoms with Gasteiger partial charge in [-0.15, -0.1) is 0 Å². The largest absolute Gasteiger partial charge is 0.480 e. The van der Waals surface area contributed by atoms with Crippen LogP contribution in [-0.2, 0) is 21.2 Å². The zero-order valence-corrected chi connectivity index (χ0v) is 13.5. The lowest BCUT2D eigenvalue weighted by Gasteiger charge is -2.12. The number of nitrogens with one attached hydrogen (secondary N) is 1. The molecule has 0 aliphatic rings. The van der Waals surface area contributed by atoms with Crippen LogP contribution in [0.5, 0.6) is 0 Å². The maximum absolute atomic E-state index is 11.1. The summed E-state index contributed by atoms with van der Waals surface area (Å²) in [4.78, 5) is 11.0. The summed E-state index contributed by atoms with van der Waals surface area (Å²) in [7, 11) is -3.50. The second-order valence-corrected chi connectivity index (χ2v) is 7.22. The fraction of sp³-hybridized carbons (Fsp3) is 0.500. The minimum Gasteiger partial charge on any atom is -0.480 e. The van der Waals surface area contributed by atoms with Crippen molar-refractivity contribution in [2.75, 3.05) is 6.26 Å². The number of hydrogen-bond donors (Lipinski definition) is 2. The fourth-order valence-corrected chi connectivity index (χ4v) is 2.86. The van der Waals surface area contributed by atoms with Gasteiger partial charge in [0, 0.05) is 5.02 Å². The van der Waals surface area contributed by atoms with Gasteiger partial charge in [0.2, 0.25) is 10.0 Å². The van der Waals surface area contributed by atoms with Crippen molar-refractivity contribution in [2.24, 2.45) is 0 Å². The van der Waals surface area contributed by atoms with Gasteiger partial charge in [-0.3, -0.25) is 4.79 Å². The first kappa shape index (κ1) is 17.9. The van der Waals surface area contributed by atoms with Crippen LogP contribution in [0.3, 0.4) is 0 Å². The molecule has 5 nitrogen and oxygen atoms in total. The molecule has 1 unspecified atom stereocenters. The van der Waals surface area contributed by atoms with E-state index in [9.17, 15) is 13.2 Å². The summed E-state index contributed by atoms with van der Waals surface area (Å²) in [5, 5.41) is 9.66. The van der Waals surface area contributed by atoms with Crippen molar-refractivity contribution in [1.29, 1.82) is 0 Å². The Hall–Kier alpha value is -1.11. The third kappa shape index (κ3) is 8.04. The highest BCUT2D eigenvalue weighted by atomic mass is 35.5. The number of aliphatic carboxylic acids is 1. The highest BCUT2D eigenvalue weighted by Crippen LogP contribution is 2.13. The molecular formula is C14H20ClNO4S. The molecule has 0 radical (unpaired) electrons. The summed E-state index contributed by atoms with van der Waals surface area (Å²) >= 11 is 5.80. The Labute approximate surface area is 130 Å². The van der Waals surface area contributed by atoms with Crippen LogP contribution in [0.25, 0.3) is 0 Å². The van der Waals surface area contributed by atoms with E-state index in [4.69, 9.17) is 16.7 Å². The highest BCUT2D eigenvalue weighted by Gasteiger charge is 2.20. The highest BCUT2D eigenvalue weighted by molar-refractivity contribution is 7.88. The number of unbranched alkanes of at least 4 members (excludes halogenated alkanes) is 2. The molecule has 0 aromatic heterocycles. The molecular weight excluding hydrogens is 314 g/mol. The predicted octanol–water partition coefficient (Wildman–Crippen LogP) is 2.45. The normalized spacial score (nSPS) is 13.0. The number of carboxylic acid groups (broad SMARTS) is 1. The molecule has 1 aromatic rings. The number of benzene rings is 1. The first-order valence-corrected chi connectivity index (χ1v) is 8.99. The van der Waals surface area contributed by atoms with E-state index in [0.717, 1.165) is 25.5 Å². The second kappa shape index (κ2) is 8.36. The molecule has 1 atom stereocenters. The van der Waals surface area contributed by atoms with Gasteiger partial charge in [0.15, 0.2) is 0 Å². The van der Waals surface area contributed by atoms with Crippen molar-refractivity contribution in [3.63, 3.8) is 0 Å². The van der Waals surface area contributed by atoms with Crippen LogP contribution in [0, 0.1) is 0 Å². The second-order valence-electron chi connectivity index (χ2n) is 5.01. The van der Waals surface area contributed by atoms with Crippen LogP contribution in [0.15, 0.2) is 24.3 Å². The van der Waals surface area contributed by atoms with Crippen LogP contribution in [0.2, 0.25) is 5.02 Å². The van der Waals surface area contributed by atoms with Crippen LogP contribution in [0.4, 0.5) is 0 Å². The van der Waals surface area contributed by atoms with Crippen LogP contribution < -0.4 is 4.72 Å². The minimum atomic E-state index is -3.50. The van der Waals surface area contributed by atoms with Gasteiger partial charge >= 0.3 is 5.97 Å². The van der Waals surface area contributed by atoms with E-state index in [2.05, 4.69) is 4.72 Å². The average molecular weight is 334 g/mol. The molecule has 7 heteroatoms. The molecule has 0 bridgehead atoms. The van der Waals surface area contributed by atoms with E-state index < -0.39 is 22.0 Å². The first-order valence-electron chi connectivity index (χ1n) is 6.72. The Morgan fingerprint density at radius 3 is 2.38 bits per heavy atom. The van der Waals surface area contributed by atoms with Crippen molar-refractivity contribution < 1.29 is 18.3 Å². The maximum atomic E-state index is 11.1. The van der Waals surface area contributed by atoms with Crippen molar-refractivity contribution in [2.45, 2.75) is 38.1 Å². The van der Waals surface area contributed by atoms with Gasteiger partial charge in [-0.25, -0.2) is 13.1 Å². The molecule has 0 saturated carbocycles. The molecule has 0 amide bonds. The summed E-state index contributed by atoms with van der Waals surface area (Å²) in [6, 6.07) is 6.57. The Kier molecular flexibility index (Phi) is 7.14. The number of carbonyl (C=O) groups is 1. The smallest absolute Gasteiger partial charge is 0.321 e. The zero-order chi connectivity index (χ0) is 15.9. The third-order valence-electron chi connectivity index (χ3n) is 3.03. The Bertz CT molecular complexity index is 557. The van der Waals surface area contributed by atoms with E-state index in [1.54, 1.807) is 0 Å². The van der Waals surface area contributed by atoms with Gasteiger partial charge in [-0.1, -0.05) is 36.6 Å². The van der Waals surface area contributed by atoms with Crippen molar-refractivity contribution in [3.8, 4) is 0 Å². The van der Waals surface area contributed by atoms with Gasteiger partial charge < -0.3 is 5.11 Å². The Morgan fingerprint density at radius 1 is 1.24 bits per heavy atom. The fourth-order valence-electron chi connectivity index (χ4n) is 2.00. The maximum Gasteiger partial charge on any atom is 0.321 e. The molecule has 2 N–H and O–H groups in total. The van der Waals surface area contributed by atoms with E-state index >= 15 is 0 Å². The van der Waals surface area contributed by atoms with Crippen LogP contribution >= 0.6 is 11.6 Å². The summed E-state index contributed by atoms with van der Waals surface area (Å²) in [5.74, 6) is -1.14. The number of halogens is 1. The minimum absolute atomic E-state index is 0.295. The molecule has 0 aliphatic heterocycles. The molecule has 0 spiro atoms. The first-order chi connectivity index (χ1) is 9.78. The number of hydrogen-bond acceptors (Lipinski definition) is 3. The molecule has 1 rings (SSSR count). The molecule has 0 aliphatic carbocycles. The Morgan fingerprint density at radius 2 is 1.86 bits per heavy atom. The van der Waals surface area contributed by atoms with Gasteiger partial charge in [-0.2, -0.15) is 0 Å². The number of aryl methyl sites for hydroxylation is 1. The van der Waals surface area contributed by atoms with Crippen molar-refractivity contribution in [3.05, 3.63) is 34.9 Å². The van der Waals surface area contributed by atoms with E-state index in [0.29, 0.717) is 17.9 Å². The third-order valence-corrected chi connectivity index (χ3v) is 3.99. The van der Waals surface area contributed by atoms with Crippen molar-refractivity contribution >= 4 is 27.6 Å². The van der Waals surface area contributed by atoms with Gasteiger partial charge in [0.05, 0.1) is 6.26 Å². The summed E-state index contributed by atoms with van der Waals surface area (Å²) in [6.07, 6.45) is 4.58. The predicted molar refractivity (Wildman–Crippen MR) is 83.0 cm³/mol. The van der Waals surface area contributed by atoms with Crippen LogP contribution in [-0.4, -0.2) is 31.8 Å². The zero-order valence-electron chi connectivity index (χ0n) is 11.9. The lowest BCUT2D eigenvalue weighted by molar-refractivity contribution is -0.139. The number of sulfonamides is 1. The summed E-state index contributed by atoms with van der Waals surface area (Å²) in [6.45, 7) is 0. The van der Waals surface area contributed by atoms with E-state index in [1.807, 2.05) is 24.3 Å². The average Bonchev–Trinajstić information content (AvgIpc) is 2.37. The monoisotopic (exact) mass is 333 g/mol. The molecule has 1 aromatic carbocycles. The molecule has 21 heavy (non-hydrogen) atoms. The molecule has 0 saturated heterocycles. The van der Waals surface area contributed by atoms with Crippen LogP contribution in [0.1, 0.15) is 31.2 Å². The lowest BCUT2D eigenvalue weighted by Crippen LogP contribution is -2.40. The lowest BCUT2D eigenvalue weighted by atomic mass is 10.0. The standard InChI is InChI=1S/C14H20ClNO4S/c1-21(19,20)16-13(14(17)18)6-4-2-3-5-11-7-9-12(15)10-8-11/h7-10,13,16H,2-6H2,1H3,(H,17,18). The van der Waals surface area contributed by atoms with E-state index in [-0.39, 0.29) is 0 Å². The number of rotatable bonds is 9. The topological polar surface area (TPSA) is 83.5 Å². The van der Waals surface area contributed by atoms with E-state index in [1.165, 1.54) is 5.56 Å². The van der Waals surface area contributed by atoms with Gasteiger partial charge in [0.1, 0.15) is 6.04 Å². The molecule has 0 heterocycles. The molecule has 0 fully saturated rings. The summed E-state index contributed by atoms with van der Waals surface area (Å²) in [5.41, 5.74) is 1.18. The van der Waals surface area contributed by atoms with Gasteiger partial charge in [0.25, 0.3) is 0 Å². The Balaban J connectivity index is 2.28. The number of carboxylic acids is 1. The quantitative estimate of drug-likeness (QED) is 0.680. The van der Waals surface area contributed by atoms with Crippen molar-refractivity contribution in [1.82, 2.24) is 4.72 Å². The van der Waals surface area contributed by atoms with Gasteiger partial charge in [-0.05, 0) is 37.0 Å².